The molecule has 2 rings (SSSR count). The summed E-state index contributed by atoms with van der Waals surface area (Å²) in [5.41, 5.74) is 1.57. The molecule has 2 saturated carbocycles. The van der Waals surface area contributed by atoms with E-state index in [1.54, 1.807) is 5.57 Å². The summed E-state index contributed by atoms with van der Waals surface area (Å²) in [4.78, 5) is 0. The van der Waals surface area contributed by atoms with Gasteiger partial charge in [0.25, 0.3) is 0 Å². The molecule has 0 aromatic heterocycles. The topological polar surface area (TPSA) is 0 Å². The number of hydrogen-bond acceptors (Lipinski definition) is 0. The molecule has 2 aliphatic carbocycles. The first-order valence-electron chi connectivity index (χ1n) is 5.49. The van der Waals surface area contributed by atoms with Gasteiger partial charge in [-0.2, -0.15) is 0 Å². The highest BCUT2D eigenvalue weighted by Crippen LogP contribution is 2.47. The second kappa shape index (κ2) is 3.24. The summed E-state index contributed by atoms with van der Waals surface area (Å²) in [6.07, 6.45) is 8.56. The monoisotopic (exact) mass is 164 g/mol. The van der Waals surface area contributed by atoms with Gasteiger partial charge >= 0.3 is 0 Å². The van der Waals surface area contributed by atoms with Gasteiger partial charge in [0.1, 0.15) is 0 Å². The van der Waals surface area contributed by atoms with Crippen LogP contribution >= 0.6 is 0 Å². The maximum Gasteiger partial charge on any atom is -0.0175 e. The molecule has 12 heavy (non-hydrogen) atoms. The molecule has 0 aliphatic heterocycles. The van der Waals surface area contributed by atoms with Crippen LogP contribution in [0.5, 0.6) is 0 Å². The van der Waals surface area contributed by atoms with Gasteiger partial charge < -0.3 is 0 Å². The van der Waals surface area contributed by atoms with Crippen LogP contribution in [0.15, 0.2) is 12.2 Å². The van der Waals surface area contributed by atoms with Gasteiger partial charge in [-0.05, 0) is 49.9 Å². The van der Waals surface area contributed by atoms with Crippen LogP contribution in [-0.2, 0) is 0 Å². The Morgan fingerprint density at radius 2 is 2.25 bits per heavy atom. The van der Waals surface area contributed by atoms with E-state index in [9.17, 15) is 0 Å². The second-order valence-electron chi connectivity index (χ2n) is 4.66. The van der Waals surface area contributed by atoms with Gasteiger partial charge in [0, 0.05) is 0 Å². The molecule has 3 atom stereocenters. The van der Waals surface area contributed by atoms with E-state index in [-0.39, 0.29) is 0 Å². The van der Waals surface area contributed by atoms with Crippen LogP contribution in [0.1, 0.15) is 45.4 Å². The molecule has 0 nitrogen and oxygen atoms in total. The average molecular weight is 164 g/mol. The normalized spacial score (nSPS) is 41.4. The standard InChI is InChI=1S/C12H20/c1-3-10-7-11-6-4-5-9(2)12(11)8-10/h10-12H,2-8H2,1H3. The Labute approximate surface area is 76.1 Å². The fourth-order valence-corrected chi connectivity index (χ4v) is 3.17. The molecule has 3 unspecified atom stereocenters. The predicted molar refractivity (Wildman–Crippen MR) is 53.0 cm³/mol. The summed E-state index contributed by atoms with van der Waals surface area (Å²) in [6.45, 7) is 6.56. The lowest BCUT2D eigenvalue weighted by Gasteiger charge is -2.27. The van der Waals surface area contributed by atoms with Crippen LogP contribution < -0.4 is 0 Å². The van der Waals surface area contributed by atoms with E-state index < -0.39 is 0 Å². The highest BCUT2D eigenvalue weighted by molar-refractivity contribution is 5.09. The van der Waals surface area contributed by atoms with E-state index in [4.69, 9.17) is 0 Å². The third-order valence-corrected chi connectivity index (χ3v) is 3.97. The van der Waals surface area contributed by atoms with Crippen molar-refractivity contribution in [3.05, 3.63) is 12.2 Å². The Morgan fingerprint density at radius 1 is 1.42 bits per heavy atom. The second-order valence-corrected chi connectivity index (χ2v) is 4.66. The maximum absolute atomic E-state index is 4.23. The highest BCUT2D eigenvalue weighted by atomic mass is 14.4. The molecule has 0 aromatic rings. The van der Waals surface area contributed by atoms with E-state index in [2.05, 4.69) is 13.5 Å². The number of rotatable bonds is 1. The molecule has 2 aliphatic rings. The van der Waals surface area contributed by atoms with E-state index in [0.29, 0.717) is 0 Å². The van der Waals surface area contributed by atoms with Gasteiger partial charge in [-0.25, -0.2) is 0 Å². The minimum atomic E-state index is 0.920. The number of hydrogen-bond donors (Lipinski definition) is 0. The summed E-state index contributed by atoms with van der Waals surface area (Å²) in [7, 11) is 0. The van der Waals surface area contributed by atoms with Crippen LogP contribution in [0, 0.1) is 17.8 Å². The van der Waals surface area contributed by atoms with E-state index in [1.165, 1.54) is 38.5 Å². The SMILES string of the molecule is C=C1CCCC2CC(CC)CC12. The Morgan fingerprint density at radius 3 is 2.92 bits per heavy atom. The quantitative estimate of drug-likeness (QED) is 0.517. The summed E-state index contributed by atoms with van der Waals surface area (Å²) in [5.74, 6) is 2.97. The molecule has 0 saturated heterocycles. The van der Waals surface area contributed by atoms with E-state index in [1.807, 2.05) is 0 Å². The third kappa shape index (κ3) is 1.32. The number of allylic oxidation sites excluding steroid dienone is 1. The first kappa shape index (κ1) is 8.34. The van der Waals surface area contributed by atoms with Gasteiger partial charge in [-0.1, -0.05) is 25.5 Å². The van der Waals surface area contributed by atoms with Gasteiger partial charge in [-0.3, -0.25) is 0 Å². The van der Waals surface area contributed by atoms with Crippen molar-refractivity contribution < 1.29 is 0 Å². The fourth-order valence-electron chi connectivity index (χ4n) is 3.17. The Balaban J connectivity index is 2.04. The smallest absolute Gasteiger partial charge is 0.0175 e. The molecular weight excluding hydrogens is 144 g/mol. The molecule has 0 bridgehead atoms. The van der Waals surface area contributed by atoms with Crippen LogP contribution in [0.4, 0.5) is 0 Å². The molecule has 68 valence electrons. The Bertz CT molecular complexity index is 180. The van der Waals surface area contributed by atoms with Gasteiger partial charge in [-0.15, -0.1) is 0 Å². The van der Waals surface area contributed by atoms with Crippen molar-refractivity contribution in [2.75, 3.05) is 0 Å². The summed E-state index contributed by atoms with van der Waals surface area (Å²) in [5, 5.41) is 0. The van der Waals surface area contributed by atoms with E-state index in [0.717, 1.165) is 17.8 Å². The molecule has 0 aromatic carbocycles. The van der Waals surface area contributed by atoms with Crippen LogP contribution in [-0.4, -0.2) is 0 Å². The third-order valence-electron chi connectivity index (χ3n) is 3.97. The summed E-state index contributed by atoms with van der Waals surface area (Å²) in [6, 6.07) is 0. The van der Waals surface area contributed by atoms with Crippen molar-refractivity contribution in [1.29, 1.82) is 0 Å². The van der Waals surface area contributed by atoms with Crippen molar-refractivity contribution in [1.82, 2.24) is 0 Å². The molecule has 0 heteroatoms. The summed E-state index contributed by atoms with van der Waals surface area (Å²) < 4.78 is 0. The Hall–Kier alpha value is -0.260. The first-order chi connectivity index (χ1) is 5.81. The maximum atomic E-state index is 4.23. The molecule has 0 amide bonds. The first-order valence-corrected chi connectivity index (χ1v) is 5.49. The lowest BCUT2D eigenvalue weighted by atomic mass is 9.79. The van der Waals surface area contributed by atoms with Gasteiger partial charge in [0.15, 0.2) is 0 Å². The molecule has 2 fully saturated rings. The molecule has 0 radical (unpaired) electrons. The van der Waals surface area contributed by atoms with Crippen LogP contribution in [0.2, 0.25) is 0 Å². The van der Waals surface area contributed by atoms with Crippen LogP contribution in [0.3, 0.4) is 0 Å². The van der Waals surface area contributed by atoms with Gasteiger partial charge in [0.2, 0.25) is 0 Å². The van der Waals surface area contributed by atoms with Crippen molar-refractivity contribution in [3.63, 3.8) is 0 Å². The van der Waals surface area contributed by atoms with Crippen molar-refractivity contribution in [2.45, 2.75) is 45.4 Å². The van der Waals surface area contributed by atoms with Gasteiger partial charge in [0.05, 0.1) is 0 Å². The van der Waals surface area contributed by atoms with Crippen molar-refractivity contribution in [2.24, 2.45) is 17.8 Å². The predicted octanol–water partition coefficient (Wildman–Crippen LogP) is 3.78. The van der Waals surface area contributed by atoms with Crippen LogP contribution in [0.25, 0.3) is 0 Å². The zero-order valence-corrected chi connectivity index (χ0v) is 8.18. The minimum Gasteiger partial charge on any atom is -0.0996 e. The lowest BCUT2D eigenvalue weighted by Crippen LogP contribution is -2.15. The zero-order valence-electron chi connectivity index (χ0n) is 8.18. The highest BCUT2D eigenvalue weighted by Gasteiger charge is 2.36. The zero-order chi connectivity index (χ0) is 8.55. The number of fused-ring (bicyclic) bond motifs is 1. The minimum absolute atomic E-state index is 0.920. The molecular formula is C12H20. The fraction of sp³-hybridized carbons (Fsp3) is 0.833. The van der Waals surface area contributed by atoms with E-state index >= 15 is 0 Å². The largest absolute Gasteiger partial charge is 0.0996 e. The lowest BCUT2D eigenvalue weighted by molar-refractivity contribution is 0.349. The summed E-state index contributed by atoms with van der Waals surface area (Å²) >= 11 is 0. The molecule has 0 N–H and O–H groups in total. The Kier molecular flexibility index (Phi) is 2.25. The average Bonchev–Trinajstić information content (AvgIpc) is 2.49. The van der Waals surface area contributed by atoms with Crippen molar-refractivity contribution >= 4 is 0 Å². The molecule has 0 heterocycles. The molecule has 0 spiro atoms. The van der Waals surface area contributed by atoms with Crippen molar-refractivity contribution in [3.8, 4) is 0 Å².